The monoisotopic (exact) mass is 293 g/mol. The van der Waals surface area contributed by atoms with Gasteiger partial charge in [-0.15, -0.1) is 0 Å². The average molecular weight is 293 g/mol. The van der Waals surface area contributed by atoms with Crippen molar-refractivity contribution >= 4 is 17.5 Å². The van der Waals surface area contributed by atoms with Gasteiger partial charge in [-0.2, -0.15) is 5.10 Å². The SMILES string of the molecule is CCn1cc(N)c(C(=O)N2CCN(C(=O)C(C)C)CC2)n1. The summed E-state index contributed by atoms with van der Waals surface area (Å²) in [7, 11) is 0. The number of nitrogens with two attached hydrogens (primary N) is 1. The van der Waals surface area contributed by atoms with Crippen LogP contribution in [0.1, 0.15) is 31.3 Å². The molecule has 7 heteroatoms. The molecule has 1 saturated heterocycles. The minimum absolute atomic E-state index is 0.0110. The normalized spacial score (nSPS) is 15.6. The van der Waals surface area contributed by atoms with E-state index in [1.807, 2.05) is 25.7 Å². The number of amides is 2. The van der Waals surface area contributed by atoms with Gasteiger partial charge < -0.3 is 15.5 Å². The molecule has 0 aromatic carbocycles. The smallest absolute Gasteiger partial charge is 0.276 e. The van der Waals surface area contributed by atoms with Gasteiger partial charge in [0.15, 0.2) is 5.69 Å². The van der Waals surface area contributed by atoms with Gasteiger partial charge in [-0.1, -0.05) is 13.8 Å². The first-order valence-electron chi connectivity index (χ1n) is 7.35. The molecule has 1 fully saturated rings. The van der Waals surface area contributed by atoms with Gasteiger partial charge in [-0.25, -0.2) is 0 Å². The van der Waals surface area contributed by atoms with Crippen molar-refractivity contribution in [1.29, 1.82) is 0 Å². The fraction of sp³-hybridized carbons (Fsp3) is 0.643. The molecule has 0 aliphatic carbocycles. The van der Waals surface area contributed by atoms with E-state index in [1.54, 1.807) is 15.8 Å². The van der Waals surface area contributed by atoms with Crippen molar-refractivity contribution in [2.75, 3.05) is 31.9 Å². The maximum absolute atomic E-state index is 12.4. The number of hydrogen-bond donors (Lipinski definition) is 1. The van der Waals surface area contributed by atoms with Crippen LogP contribution in [-0.4, -0.2) is 57.6 Å². The minimum atomic E-state index is -0.156. The summed E-state index contributed by atoms with van der Waals surface area (Å²) < 4.78 is 1.65. The van der Waals surface area contributed by atoms with E-state index in [1.165, 1.54) is 0 Å². The molecule has 7 nitrogen and oxygen atoms in total. The summed E-state index contributed by atoms with van der Waals surface area (Å²) in [5.41, 5.74) is 6.56. The van der Waals surface area contributed by atoms with E-state index >= 15 is 0 Å². The van der Waals surface area contributed by atoms with Crippen molar-refractivity contribution in [2.45, 2.75) is 27.3 Å². The van der Waals surface area contributed by atoms with E-state index in [9.17, 15) is 9.59 Å². The second-order valence-electron chi connectivity index (χ2n) is 5.56. The lowest BCUT2D eigenvalue weighted by Crippen LogP contribution is -2.51. The lowest BCUT2D eigenvalue weighted by molar-refractivity contribution is -0.135. The zero-order valence-corrected chi connectivity index (χ0v) is 12.9. The predicted molar refractivity (Wildman–Crippen MR) is 79.6 cm³/mol. The molecule has 2 rings (SSSR count). The fourth-order valence-corrected chi connectivity index (χ4v) is 2.41. The molecule has 116 valence electrons. The molecule has 1 aliphatic rings. The second kappa shape index (κ2) is 6.15. The maximum atomic E-state index is 12.4. The van der Waals surface area contributed by atoms with Crippen LogP contribution < -0.4 is 5.73 Å². The zero-order valence-electron chi connectivity index (χ0n) is 12.9. The van der Waals surface area contributed by atoms with Crippen molar-refractivity contribution < 1.29 is 9.59 Å². The molecule has 2 amide bonds. The van der Waals surface area contributed by atoms with Crippen molar-refractivity contribution in [3.63, 3.8) is 0 Å². The number of nitrogen functional groups attached to an aromatic ring is 1. The van der Waals surface area contributed by atoms with E-state index in [0.29, 0.717) is 44.1 Å². The third-order valence-corrected chi connectivity index (χ3v) is 3.69. The van der Waals surface area contributed by atoms with E-state index in [4.69, 9.17) is 5.73 Å². The van der Waals surface area contributed by atoms with Crippen LogP contribution in [0.3, 0.4) is 0 Å². The van der Waals surface area contributed by atoms with E-state index in [2.05, 4.69) is 5.10 Å². The van der Waals surface area contributed by atoms with Crippen LogP contribution in [-0.2, 0) is 11.3 Å². The summed E-state index contributed by atoms with van der Waals surface area (Å²) in [6.45, 7) is 8.57. The molecule has 0 unspecified atom stereocenters. The third-order valence-electron chi connectivity index (χ3n) is 3.69. The van der Waals surface area contributed by atoms with Gasteiger partial charge in [0.25, 0.3) is 5.91 Å². The first-order chi connectivity index (χ1) is 9.93. The summed E-state index contributed by atoms with van der Waals surface area (Å²) in [5, 5.41) is 4.21. The van der Waals surface area contributed by atoms with E-state index < -0.39 is 0 Å². The summed E-state index contributed by atoms with van der Waals surface area (Å²) in [6, 6.07) is 0. The Kier molecular flexibility index (Phi) is 4.50. The van der Waals surface area contributed by atoms with Crippen LogP contribution in [0, 0.1) is 5.92 Å². The van der Waals surface area contributed by atoms with Gasteiger partial charge in [0.2, 0.25) is 5.91 Å². The lowest BCUT2D eigenvalue weighted by Gasteiger charge is -2.35. The molecule has 0 spiro atoms. The average Bonchev–Trinajstić information content (AvgIpc) is 2.87. The number of nitrogens with zero attached hydrogens (tertiary/aromatic N) is 4. The Balaban J connectivity index is 2.00. The molecule has 2 N–H and O–H groups in total. The van der Waals surface area contributed by atoms with Crippen molar-refractivity contribution in [3.05, 3.63) is 11.9 Å². The Bertz CT molecular complexity index is 529. The molecule has 21 heavy (non-hydrogen) atoms. The third kappa shape index (κ3) is 3.17. The highest BCUT2D eigenvalue weighted by molar-refractivity contribution is 5.97. The van der Waals surface area contributed by atoms with Crippen LogP contribution in [0.5, 0.6) is 0 Å². The number of aromatic nitrogens is 2. The molecule has 0 saturated carbocycles. The van der Waals surface area contributed by atoms with Gasteiger partial charge in [0.05, 0.1) is 5.69 Å². The summed E-state index contributed by atoms with van der Waals surface area (Å²) >= 11 is 0. The molecule has 0 atom stereocenters. The number of rotatable bonds is 3. The van der Waals surface area contributed by atoms with Gasteiger partial charge in [0.1, 0.15) is 0 Å². The molecule has 2 heterocycles. The Labute approximate surface area is 124 Å². The molecular formula is C14H23N5O2. The molecule has 1 aromatic heterocycles. The van der Waals surface area contributed by atoms with E-state index in [0.717, 1.165) is 0 Å². The molecule has 1 aliphatic heterocycles. The molecule has 0 radical (unpaired) electrons. The Morgan fingerprint density at radius 2 is 1.81 bits per heavy atom. The largest absolute Gasteiger partial charge is 0.396 e. The first kappa shape index (κ1) is 15.3. The highest BCUT2D eigenvalue weighted by atomic mass is 16.2. The standard InChI is InChI=1S/C14H23N5O2/c1-4-19-9-11(15)12(16-19)14(21)18-7-5-17(6-8-18)13(20)10(2)3/h9-10H,4-8,15H2,1-3H3. The topological polar surface area (TPSA) is 84.5 Å². The second-order valence-corrected chi connectivity index (χ2v) is 5.56. The zero-order chi connectivity index (χ0) is 15.6. The summed E-state index contributed by atoms with van der Waals surface area (Å²) in [4.78, 5) is 27.9. The van der Waals surface area contributed by atoms with Crippen LogP contribution >= 0.6 is 0 Å². The number of carbonyl (C=O) groups excluding carboxylic acids is 2. The highest BCUT2D eigenvalue weighted by Gasteiger charge is 2.28. The summed E-state index contributed by atoms with van der Waals surface area (Å²) in [6.07, 6.45) is 1.67. The lowest BCUT2D eigenvalue weighted by atomic mass is 10.1. The van der Waals surface area contributed by atoms with Gasteiger partial charge in [-0.3, -0.25) is 14.3 Å². The van der Waals surface area contributed by atoms with E-state index in [-0.39, 0.29) is 17.7 Å². The Hall–Kier alpha value is -2.05. The number of aryl methyl sites for hydroxylation is 1. The van der Waals surface area contributed by atoms with Crippen molar-refractivity contribution in [2.24, 2.45) is 5.92 Å². The first-order valence-corrected chi connectivity index (χ1v) is 7.35. The minimum Gasteiger partial charge on any atom is -0.396 e. The Morgan fingerprint density at radius 3 is 2.29 bits per heavy atom. The highest BCUT2D eigenvalue weighted by Crippen LogP contribution is 2.14. The van der Waals surface area contributed by atoms with Crippen LogP contribution in [0.4, 0.5) is 5.69 Å². The molecule has 1 aromatic rings. The molecular weight excluding hydrogens is 270 g/mol. The van der Waals surface area contributed by atoms with Gasteiger partial charge >= 0.3 is 0 Å². The van der Waals surface area contributed by atoms with Gasteiger partial charge in [0, 0.05) is 44.8 Å². The van der Waals surface area contributed by atoms with Crippen LogP contribution in [0.2, 0.25) is 0 Å². The quantitative estimate of drug-likeness (QED) is 0.875. The predicted octanol–water partition coefficient (Wildman–Crippen LogP) is 0.426. The maximum Gasteiger partial charge on any atom is 0.276 e. The summed E-state index contributed by atoms with van der Waals surface area (Å²) in [5.74, 6) is -0.0311. The number of anilines is 1. The van der Waals surface area contributed by atoms with Crippen LogP contribution in [0.25, 0.3) is 0 Å². The van der Waals surface area contributed by atoms with Crippen molar-refractivity contribution in [3.8, 4) is 0 Å². The number of carbonyl (C=O) groups is 2. The molecule has 0 bridgehead atoms. The van der Waals surface area contributed by atoms with Crippen molar-refractivity contribution in [1.82, 2.24) is 19.6 Å². The number of hydrogen-bond acceptors (Lipinski definition) is 4. The van der Waals surface area contributed by atoms with Crippen LogP contribution in [0.15, 0.2) is 6.20 Å². The number of piperazine rings is 1. The Morgan fingerprint density at radius 1 is 1.24 bits per heavy atom. The van der Waals surface area contributed by atoms with Gasteiger partial charge in [-0.05, 0) is 6.92 Å². The fourth-order valence-electron chi connectivity index (χ4n) is 2.41.